The molecule has 3 unspecified atom stereocenters. The van der Waals surface area contributed by atoms with Gasteiger partial charge in [-0.2, -0.15) is 0 Å². The Morgan fingerprint density at radius 1 is 1.19 bits per heavy atom. The number of hydrogen-bond donors (Lipinski definition) is 1. The number of β-amino-alcohol motifs (C(OH)–C–C–N with tert-alkyl or cyclic N) is 1. The van der Waals surface area contributed by atoms with Crippen molar-refractivity contribution in [2.75, 3.05) is 25.4 Å². The first-order chi connectivity index (χ1) is 12.6. The molecule has 6 nitrogen and oxygen atoms in total. The zero-order valence-electron chi connectivity index (χ0n) is 15.7. The maximum atomic E-state index is 10.5. The zero-order valence-corrected chi connectivity index (χ0v) is 16.5. The van der Waals surface area contributed by atoms with E-state index in [0.29, 0.717) is 12.3 Å². The van der Waals surface area contributed by atoms with Crippen molar-refractivity contribution in [2.24, 2.45) is 0 Å². The highest BCUT2D eigenvalue weighted by atomic mass is 32.2. The van der Waals surface area contributed by atoms with Crippen molar-refractivity contribution in [3.63, 3.8) is 0 Å². The first-order valence-corrected chi connectivity index (χ1v) is 10.2. The van der Waals surface area contributed by atoms with Crippen LogP contribution >= 0.6 is 11.8 Å². The predicted octanol–water partition coefficient (Wildman–Crippen LogP) is 2.53. The summed E-state index contributed by atoms with van der Waals surface area (Å²) < 4.78 is 7.85. The van der Waals surface area contributed by atoms with Crippen molar-refractivity contribution in [3.05, 3.63) is 30.3 Å². The summed E-state index contributed by atoms with van der Waals surface area (Å²) in [5.41, 5.74) is 1.06. The molecule has 1 saturated heterocycles. The smallest absolute Gasteiger partial charge is 0.191 e. The van der Waals surface area contributed by atoms with E-state index < -0.39 is 6.10 Å². The predicted molar refractivity (Wildman–Crippen MR) is 104 cm³/mol. The van der Waals surface area contributed by atoms with Crippen LogP contribution in [0, 0.1) is 0 Å². The van der Waals surface area contributed by atoms with Gasteiger partial charge in [0.1, 0.15) is 0 Å². The Bertz CT molecular complexity index is 684. The molecule has 2 heterocycles. The van der Waals surface area contributed by atoms with E-state index in [1.54, 1.807) is 11.8 Å². The second kappa shape index (κ2) is 8.99. The second-order valence-electron chi connectivity index (χ2n) is 6.86. The molecule has 0 amide bonds. The number of thioether (sulfide) groups is 1. The molecule has 0 radical (unpaired) electrons. The van der Waals surface area contributed by atoms with Gasteiger partial charge in [0.05, 0.1) is 18.3 Å². The molecule has 1 aliphatic rings. The molecule has 1 N–H and O–H groups in total. The van der Waals surface area contributed by atoms with Crippen molar-refractivity contribution in [1.29, 1.82) is 0 Å². The van der Waals surface area contributed by atoms with Gasteiger partial charge in [-0.05, 0) is 20.8 Å². The van der Waals surface area contributed by atoms with Gasteiger partial charge < -0.3 is 14.4 Å². The van der Waals surface area contributed by atoms with Crippen LogP contribution in [0.5, 0.6) is 0 Å². The largest absolute Gasteiger partial charge is 0.391 e. The minimum atomic E-state index is -0.403. The van der Waals surface area contributed by atoms with Crippen molar-refractivity contribution in [3.8, 4) is 11.4 Å². The summed E-state index contributed by atoms with van der Waals surface area (Å²) in [5, 5.41) is 20.0. The Labute approximate surface area is 159 Å². The first-order valence-electron chi connectivity index (χ1n) is 9.24. The summed E-state index contributed by atoms with van der Waals surface area (Å²) in [5.74, 6) is 1.48. The molecule has 26 heavy (non-hydrogen) atoms. The molecule has 1 aromatic carbocycles. The van der Waals surface area contributed by atoms with E-state index in [9.17, 15) is 5.11 Å². The van der Waals surface area contributed by atoms with E-state index in [1.807, 2.05) is 30.3 Å². The van der Waals surface area contributed by atoms with Gasteiger partial charge in [0, 0.05) is 37.5 Å². The van der Waals surface area contributed by atoms with Crippen molar-refractivity contribution < 1.29 is 9.84 Å². The molecule has 1 aromatic heterocycles. The number of nitrogens with zero attached hydrogens (tertiary/aromatic N) is 4. The van der Waals surface area contributed by atoms with Crippen LogP contribution in [0.15, 0.2) is 35.5 Å². The third-order valence-electron chi connectivity index (χ3n) is 4.43. The molecule has 3 rings (SSSR count). The first kappa shape index (κ1) is 19.4. The van der Waals surface area contributed by atoms with Crippen LogP contribution in [0.4, 0.5) is 0 Å². The Hall–Kier alpha value is -1.41. The number of aliphatic hydroxyl groups is 1. The van der Waals surface area contributed by atoms with E-state index in [0.717, 1.165) is 36.2 Å². The fraction of sp³-hybridized carbons (Fsp3) is 0.579. The third kappa shape index (κ3) is 4.85. The van der Waals surface area contributed by atoms with Gasteiger partial charge in [-0.1, -0.05) is 42.1 Å². The molecule has 7 heteroatoms. The molecule has 0 aliphatic carbocycles. The van der Waals surface area contributed by atoms with E-state index in [4.69, 9.17) is 4.74 Å². The van der Waals surface area contributed by atoms with Gasteiger partial charge in [-0.25, -0.2) is 0 Å². The molecule has 2 aromatic rings. The third-order valence-corrected chi connectivity index (χ3v) is 5.55. The maximum Gasteiger partial charge on any atom is 0.191 e. The Morgan fingerprint density at radius 2 is 1.88 bits per heavy atom. The summed E-state index contributed by atoms with van der Waals surface area (Å²) >= 11 is 1.57. The standard InChI is InChI=1S/C19H28N4O2S/c1-4-23-18(16-8-6-5-7-9-16)20-21-19(23)26-13-17(24)12-22-10-14(2)25-15(3)11-22/h5-9,14-15,17,24H,4,10-13H2,1-3H3. The van der Waals surface area contributed by atoms with Crippen LogP contribution in [0.25, 0.3) is 11.4 Å². The van der Waals surface area contributed by atoms with Crippen LogP contribution in [-0.2, 0) is 11.3 Å². The Kier molecular flexibility index (Phi) is 6.69. The summed E-state index contributed by atoms with van der Waals surface area (Å²) in [7, 11) is 0. The summed E-state index contributed by atoms with van der Waals surface area (Å²) in [6.45, 7) is 9.46. The normalized spacial score (nSPS) is 22.5. The monoisotopic (exact) mass is 376 g/mol. The molecule has 3 atom stereocenters. The van der Waals surface area contributed by atoms with Crippen LogP contribution in [0.3, 0.4) is 0 Å². The van der Waals surface area contributed by atoms with E-state index in [1.165, 1.54) is 0 Å². The lowest BCUT2D eigenvalue weighted by atomic mass is 10.2. The van der Waals surface area contributed by atoms with Gasteiger partial charge in [-0.3, -0.25) is 4.90 Å². The molecular weight excluding hydrogens is 348 g/mol. The molecule has 1 aliphatic heterocycles. The van der Waals surface area contributed by atoms with E-state index in [-0.39, 0.29) is 12.2 Å². The van der Waals surface area contributed by atoms with Crippen molar-refractivity contribution in [1.82, 2.24) is 19.7 Å². The van der Waals surface area contributed by atoms with Gasteiger partial charge in [0.15, 0.2) is 11.0 Å². The highest BCUT2D eigenvalue weighted by Crippen LogP contribution is 2.24. The minimum Gasteiger partial charge on any atom is -0.391 e. The van der Waals surface area contributed by atoms with Crippen LogP contribution < -0.4 is 0 Å². The van der Waals surface area contributed by atoms with Crippen LogP contribution in [0.2, 0.25) is 0 Å². The fourth-order valence-corrected chi connectivity index (χ4v) is 4.35. The average molecular weight is 377 g/mol. The number of hydrogen-bond acceptors (Lipinski definition) is 6. The number of ether oxygens (including phenoxy) is 1. The molecular formula is C19H28N4O2S. The van der Waals surface area contributed by atoms with Gasteiger partial charge >= 0.3 is 0 Å². The van der Waals surface area contributed by atoms with Gasteiger partial charge in [-0.15, -0.1) is 10.2 Å². The highest BCUT2D eigenvalue weighted by molar-refractivity contribution is 7.99. The highest BCUT2D eigenvalue weighted by Gasteiger charge is 2.24. The van der Waals surface area contributed by atoms with Crippen LogP contribution in [0.1, 0.15) is 20.8 Å². The second-order valence-corrected chi connectivity index (χ2v) is 7.84. The maximum absolute atomic E-state index is 10.5. The topological polar surface area (TPSA) is 63.4 Å². The molecule has 142 valence electrons. The molecule has 0 saturated carbocycles. The summed E-state index contributed by atoms with van der Waals surface area (Å²) in [6.07, 6.45) is 0.0325. The molecule has 1 fully saturated rings. The van der Waals surface area contributed by atoms with E-state index >= 15 is 0 Å². The SMILES string of the molecule is CCn1c(SCC(O)CN2CC(C)OC(C)C2)nnc1-c1ccccc1. The van der Waals surface area contributed by atoms with E-state index in [2.05, 4.69) is 40.4 Å². The van der Waals surface area contributed by atoms with Crippen molar-refractivity contribution >= 4 is 11.8 Å². The lowest BCUT2D eigenvalue weighted by Crippen LogP contribution is -2.48. The number of aromatic nitrogens is 3. The Balaban J connectivity index is 1.58. The molecule has 0 spiro atoms. The fourth-order valence-electron chi connectivity index (χ4n) is 3.44. The average Bonchev–Trinajstić information content (AvgIpc) is 3.02. The quantitative estimate of drug-likeness (QED) is 0.749. The lowest BCUT2D eigenvalue weighted by Gasteiger charge is -2.36. The van der Waals surface area contributed by atoms with Gasteiger partial charge in [0.2, 0.25) is 0 Å². The van der Waals surface area contributed by atoms with Crippen molar-refractivity contribution in [2.45, 2.75) is 50.8 Å². The van der Waals surface area contributed by atoms with Gasteiger partial charge in [0.25, 0.3) is 0 Å². The summed E-state index contributed by atoms with van der Waals surface area (Å²) in [4.78, 5) is 2.28. The Morgan fingerprint density at radius 3 is 2.54 bits per heavy atom. The minimum absolute atomic E-state index is 0.218. The zero-order chi connectivity index (χ0) is 18.5. The number of benzene rings is 1. The lowest BCUT2D eigenvalue weighted by molar-refractivity contribution is -0.0750. The number of aliphatic hydroxyl groups excluding tert-OH is 1. The molecule has 0 bridgehead atoms. The number of rotatable bonds is 7. The van der Waals surface area contributed by atoms with Crippen LogP contribution in [-0.4, -0.2) is 68.5 Å². The number of morpholine rings is 1. The summed E-state index contributed by atoms with van der Waals surface area (Å²) in [6, 6.07) is 10.1.